The summed E-state index contributed by atoms with van der Waals surface area (Å²) in [6, 6.07) is 5.99. The van der Waals surface area contributed by atoms with Gasteiger partial charge >= 0.3 is 0 Å². The summed E-state index contributed by atoms with van der Waals surface area (Å²) in [5, 5.41) is 0. The van der Waals surface area contributed by atoms with Crippen molar-refractivity contribution in [3.8, 4) is 5.75 Å². The highest BCUT2D eigenvalue weighted by molar-refractivity contribution is 7.99. The Bertz CT molecular complexity index is 367. The molecule has 1 aromatic carbocycles. The van der Waals surface area contributed by atoms with Crippen molar-refractivity contribution in [2.24, 2.45) is 0 Å². The number of nitrogens with two attached hydrogens (primary N) is 1. The van der Waals surface area contributed by atoms with E-state index in [1.54, 1.807) is 0 Å². The molecule has 0 saturated carbocycles. The van der Waals surface area contributed by atoms with Crippen LogP contribution in [-0.2, 0) is 0 Å². The van der Waals surface area contributed by atoms with Crippen molar-refractivity contribution < 1.29 is 4.74 Å². The van der Waals surface area contributed by atoms with Crippen molar-refractivity contribution in [3.05, 3.63) is 18.2 Å². The third kappa shape index (κ3) is 6.21. The minimum Gasteiger partial charge on any atom is -0.493 e. The first-order valence-corrected chi connectivity index (χ1v) is 8.06. The molecule has 0 amide bonds. The van der Waals surface area contributed by atoms with Gasteiger partial charge in [-0.2, -0.15) is 0 Å². The van der Waals surface area contributed by atoms with Gasteiger partial charge in [-0.15, -0.1) is 11.8 Å². The fourth-order valence-electron chi connectivity index (χ4n) is 1.81. The van der Waals surface area contributed by atoms with E-state index >= 15 is 0 Å². The Kier molecular flexibility index (Phi) is 7.75. The van der Waals surface area contributed by atoms with Crippen LogP contribution in [0, 0.1) is 0 Å². The molecular formula is C15H26N2OS. The molecule has 3 nitrogen and oxygen atoms in total. The summed E-state index contributed by atoms with van der Waals surface area (Å²) >= 11 is 1.84. The summed E-state index contributed by atoms with van der Waals surface area (Å²) < 4.78 is 5.64. The number of rotatable bonds is 9. The molecule has 0 saturated heterocycles. The number of thioether (sulfide) groups is 1. The zero-order valence-corrected chi connectivity index (χ0v) is 13.1. The van der Waals surface area contributed by atoms with Gasteiger partial charge in [0.15, 0.2) is 0 Å². The molecule has 0 aliphatic carbocycles. The zero-order valence-electron chi connectivity index (χ0n) is 12.3. The monoisotopic (exact) mass is 282 g/mol. The van der Waals surface area contributed by atoms with E-state index in [2.05, 4.69) is 31.7 Å². The van der Waals surface area contributed by atoms with Crippen LogP contribution in [0.15, 0.2) is 23.1 Å². The van der Waals surface area contributed by atoms with Crippen LogP contribution in [0.5, 0.6) is 5.75 Å². The highest BCUT2D eigenvalue weighted by Gasteiger charge is 2.03. The van der Waals surface area contributed by atoms with E-state index in [1.807, 2.05) is 23.9 Å². The van der Waals surface area contributed by atoms with E-state index in [0.717, 1.165) is 49.9 Å². The molecule has 0 atom stereocenters. The Morgan fingerprint density at radius 1 is 1.16 bits per heavy atom. The lowest BCUT2D eigenvalue weighted by molar-refractivity contribution is 0.317. The summed E-state index contributed by atoms with van der Waals surface area (Å²) in [4.78, 5) is 3.62. The van der Waals surface area contributed by atoms with Gasteiger partial charge in [-0.05, 0) is 31.6 Å². The summed E-state index contributed by atoms with van der Waals surface area (Å²) in [5.41, 5.74) is 6.69. The second kappa shape index (κ2) is 9.10. The van der Waals surface area contributed by atoms with E-state index in [1.165, 1.54) is 4.90 Å². The smallest absolute Gasteiger partial charge is 0.122 e. The first-order valence-electron chi connectivity index (χ1n) is 7.08. The maximum Gasteiger partial charge on any atom is 0.122 e. The Morgan fingerprint density at radius 3 is 2.53 bits per heavy atom. The van der Waals surface area contributed by atoms with E-state index in [4.69, 9.17) is 10.5 Å². The van der Waals surface area contributed by atoms with Crippen molar-refractivity contribution >= 4 is 17.4 Å². The molecule has 4 heteroatoms. The largest absolute Gasteiger partial charge is 0.493 e. The third-order valence-electron chi connectivity index (χ3n) is 2.95. The first-order chi connectivity index (χ1) is 9.19. The SMILES string of the molecule is CCCOc1cc(N)cc(SCCN(CC)CC)c1. The summed E-state index contributed by atoms with van der Waals surface area (Å²) in [5.74, 6) is 1.96. The Morgan fingerprint density at radius 2 is 1.89 bits per heavy atom. The highest BCUT2D eigenvalue weighted by Crippen LogP contribution is 2.26. The number of hydrogen-bond acceptors (Lipinski definition) is 4. The van der Waals surface area contributed by atoms with E-state index in [0.29, 0.717) is 0 Å². The molecular weight excluding hydrogens is 256 g/mol. The predicted octanol–water partition coefficient (Wildman–Crippen LogP) is 3.49. The van der Waals surface area contributed by atoms with Crippen LogP contribution in [0.25, 0.3) is 0 Å². The van der Waals surface area contributed by atoms with Gasteiger partial charge in [-0.25, -0.2) is 0 Å². The van der Waals surface area contributed by atoms with Crippen LogP contribution >= 0.6 is 11.8 Å². The lowest BCUT2D eigenvalue weighted by Crippen LogP contribution is -2.25. The van der Waals surface area contributed by atoms with Crippen LogP contribution in [0.3, 0.4) is 0 Å². The lowest BCUT2D eigenvalue weighted by atomic mass is 10.3. The predicted molar refractivity (Wildman–Crippen MR) is 85.2 cm³/mol. The Labute approximate surface area is 121 Å². The van der Waals surface area contributed by atoms with E-state index in [9.17, 15) is 0 Å². The quantitative estimate of drug-likeness (QED) is 0.556. The molecule has 108 valence electrons. The number of nitrogens with zero attached hydrogens (tertiary/aromatic N) is 1. The van der Waals surface area contributed by atoms with Gasteiger partial charge in [0, 0.05) is 28.9 Å². The third-order valence-corrected chi connectivity index (χ3v) is 3.90. The fraction of sp³-hybridized carbons (Fsp3) is 0.600. The minimum atomic E-state index is 0.743. The van der Waals surface area contributed by atoms with Crippen LogP contribution in [0.2, 0.25) is 0 Å². The molecule has 0 unspecified atom stereocenters. The van der Waals surface area contributed by atoms with Crippen LogP contribution in [-0.4, -0.2) is 36.9 Å². The van der Waals surface area contributed by atoms with E-state index < -0.39 is 0 Å². The Balaban J connectivity index is 2.50. The molecule has 0 aliphatic heterocycles. The van der Waals surface area contributed by atoms with Gasteiger partial charge in [0.05, 0.1) is 6.61 Å². The average Bonchev–Trinajstić information content (AvgIpc) is 2.41. The van der Waals surface area contributed by atoms with Crippen molar-refractivity contribution in [3.63, 3.8) is 0 Å². The summed E-state index contributed by atoms with van der Waals surface area (Å²) in [6.45, 7) is 10.6. The zero-order chi connectivity index (χ0) is 14.1. The molecule has 0 fully saturated rings. The van der Waals surface area contributed by atoms with Crippen LogP contribution < -0.4 is 10.5 Å². The molecule has 0 bridgehead atoms. The summed E-state index contributed by atoms with van der Waals surface area (Å²) in [7, 11) is 0. The fourth-order valence-corrected chi connectivity index (χ4v) is 2.82. The second-order valence-electron chi connectivity index (χ2n) is 4.46. The molecule has 1 aromatic rings. The molecule has 19 heavy (non-hydrogen) atoms. The van der Waals surface area contributed by atoms with Crippen molar-refractivity contribution in [1.29, 1.82) is 0 Å². The second-order valence-corrected chi connectivity index (χ2v) is 5.63. The first kappa shape index (κ1) is 16.2. The molecule has 0 aliphatic rings. The van der Waals surface area contributed by atoms with Gasteiger partial charge in [0.25, 0.3) is 0 Å². The maximum atomic E-state index is 5.91. The lowest BCUT2D eigenvalue weighted by Gasteiger charge is -2.17. The number of hydrogen-bond donors (Lipinski definition) is 1. The van der Waals surface area contributed by atoms with Gasteiger partial charge in [0.1, 0.15) is 5.75 Å². The van der Waals surface area contributed by atoms with Gasteiger partial charge in [-0.3, -0.25) is 0 Å². The standard InChI is InChI=1S/C15H26N2OS/c1-4-8-18-14-10-13(16)11-15(12-14)19-9-7-17(5-2)6-3/h10-12H,4-9,16H2,1-3H3. The maximum absolute atomic E-state index is 5.91. The van der Waals surface area contributed by atoms with E-state index in [-0.39, 0.29) is 0 Å². The van der Waals surface area contributed by atoms with Crippen molar-refractivity contribution in [1.82, 2.24) is 4.90 Å². The number of anilines is 1. The number of benzene rings is 1. The van der Waals surface area contributed by atoms with Crippen LogP contribution in [0.1, 0.15) is 27.2 Å². The molecule has 1 rings (SSSR count). The topological polar surface area (TPSA) is 38.5 Å². The van der Waals surface area contributed by atoms with Crippen LogP contribution in [0.4, 0.5) is 5.69 Å². The van der Waals surface area contributed by atoms with Gasteiger partial charge in [-0.1, -0.05) is 20.8 Å². The van der Waals surface area contributed by atoms with Gasteiger partial charge in [0.2, 0.25) is 0 Å². The van der Waals surface area contributed by atoms with Crippen molar-refractivity contribution in [2.45, 2.75) is 32.1 Å². The molecule has 0 spiro atoms. The molecule has 2 N–H and O–H groups in total. The number of ether oxygens (including phenoxy) is 1. The average molecular weight is 282 g/mol. The minimum absolute atomic E-state index is 0.743. The normalized spacial score (nSPS) is 10.9. The number of nitrogen functional groups attached to an aromatic ring is 1. The molecule has 0 aromatic heterocycles. The molecule has 0 heterocycles. The highest BCUT2D eigenvalue weighted by atomic mass is 32.2. The van der Waals surface area contributed by atoms with Crippen molar-refractivity contribution in [2.75, 3.05) is 37.7 Å². The Hall–Kier alpha value is -0.870. The summed E-state index contributed by atoms with van der Waals surface area (Å²) in [6.07, 6.45) is 1.01. The molecule has 0 radical (unpaired) electrons. The van der Waals surface area contributed by atoms with Gasteiger partial charge < -0.3 is 15.4 Å².